The van der Waals surface area contributed by atoms with Gasteiger partial charge in [0.2, 0.25) is 0 Å². The van der Waals surface area contributed by atoms with Crippen LogP contribution in [0.4, 0.5) is 0 Å². The van der Waals surface area contributed by atoms with Crippen LogP contribution in [0.3, 0.4) is 0 Å². The van der Waals surface area contributed by atoms with Gasteiger partial charge in [0, 0.05) is 7.11 Å². The van der Waals surface area contributed by atoms with Crippen molar-refractivity contribution < 1.29 is 4.74 Å². The molecular formula is C9H14O. The Kier molecular flexibility index (Phi) is 2.69. The summed E-state index contributed by atoms with van der Waals surface area (Å²) in [4.78, 5) is 0. The summed E-state index contributed by atoms with van der Waals surface area (Å²) in [5, 5.41) is 0. The van der Waals surface area contributed by atoms with Gasteiger partial charge >= 0.3 is 0 Å². The summed E-state index contributed by atoms with van der Waals surface area (Å²) >= 11 is 0. The summed E-state index contributed by atoms with van der Waals surface area (Å²) in [5.41, 5.74) is 1.34. The minimum atomic E-state index is 0.318. The summed E-state index contributed by atoms with van der Waals surface area (Å²) in [5.74, 6) is 0. The molecule has 0 fully saturated rings. The standard InChI is InChI=1S/C9H14O/c1-3-9(10-2)8-6-4-5-7-8/h4,6-7,9H,3,5H2,1-2H3. The maximum absolute atomic E-state index is 5.26. The van der Waals surface area contributed by atoms with Crippen molar-refractivity contribution in [2.45, 2.75) is 25.9 Å². The Morgan fingerprint density at radius 2 is 2.50 bits per heavy atom. The predicted octanol–water partition coefficient (Wildman–Crippen LogP) is 2.30. The average molecular weight is 138 g/mol. The second-order valence-electron chi connectivity index (χ2n) is 2.47. The smallest absolute Gasteiger partial charge is 0.0815 e. The van der Waals surface area contributed by atoms with E-state index in [9.17, 15) is 0 Å². The Morgan fingerprint density at radius 3 is 2.90 bits per heavy atom. The van der Waals surface area contributed by atoms with Crippen LogP contribution in [0.25, 0.3) is 0 Å². The van der Waals surface area contributed by atoms with E-state index in [1.807, 2.05) is 0 Å². The molecule has 10 heavy (non-hydrogen) atoms. The molecule has 0 radical (unpaired) electrons. The van der Waals surface area contributed by atoms with Crippen LogP contribution >= 0.6 is 0 Å². The van der Waals surface area contributed by atoms with Gasteiger partial charge in [-0.15, -0.1) is 0 Å². The fourth-order valence-corrected chi connectivity index (χ4v) is 1.25. The van der Waals surface area contributed by atoms with Crippen LogP contribution in [0.5, 0.6) is 0 Å². The van der Waals surface area contributed by atoms with E-state index in [0.717, 1.165) is 12.8 Å². The highest BCUT2D eigenvalue weighted by Crippen LogP contribution is 2.17. The molecule has 0 aromatic heterocycles. The highest BCUT2D eigenvalue weighted by molar-refractivity contribution is 5.29. The summed E-state index contributed by atoms with van der Waals surface area (Å²) in [6.07, 6.45) is 8.99. The number of hydrogen-bond donors (Lipinski definition) is 0. The summed E-state index contributed by atoms with van der Waals surface area (Å²) in [7, 11) is 1.77. The Morgan fingerprint density at radius 1 is 1.70 bits per heavy atom. The molecule has 1 aliphatic rings. The maximum Gasteiger partial charge on any atom is 0.0815 e. The molecule has 0 bridgehead atoms. The van der Waals surface area contributed by atoms with E-state index in [0.29, 0.717) is 6.10 Å². The monoisotopic (exact) mass is 138 g/mol. The second kappa shape index (κ2) is 3.57. The van der Waals surface area contributed by atoms with Gasteiger partial charge in [-0.25, -0.2) is 0 Å². The van der Waals surface area contributed by atoms with E-state index in [2.05, 4.69) is 25.2 Å². The van der Waals surface area contributed by atoms with Crippen molar-refractivity contribution in [2.75, 3.05) is 7.11 Å². The molecule has 0 N–H and O–H groups in total. The lowest BCUT2D eigenvalue weighted by Crippen LogP contribution is -2.09. The highest BCUT2D eigenvalue weighted by atomic mass is 16.5. The van der Waals surface area contributed by atoms with Gasteiger partial charge in [0.05, 0.1) is 6.10 Å². The lowest BCUT2D eigenvalue weighted by atomic mass is 10.1. The number of hydrogen-bond acceptors (Lipinski definition) is 1. The third-order valence-corrected chi connectivity index (χ3v) is 1.83. The van der Waals surface area contributed by atoms with Gasteiger partial charge < -0.3 is 4.74 Å². The molecule has 0 aliphatic heterocycles. The zero-order valence-corrected chi connectivity index (χ0v) is 6.63. The second-order valence-corrected chi connectivity index (χ2v) is 2.47. The number of allylic oxidation sites excluding steroid dienone is 2. The number of rotatable bonds is 3. The van der Waals surface area contributed by atoms with E-state index in [-0.39, 0.29) is 0 Å². The molecule has 0 aromatic carbocycles. The first-order valence-electron chi connectivity index (χ1n) is 3.78. The van der Waals surface area contributed by atoms with Crippen LogP contribution < -0.4 is 0 Å². The predicted molar refractivity (Wildman–Crippen MR) is 42.9 cm³/mol. The Hall–Kier alpha value is -0.560. The van der Waals surface area contributed by atoms with Gasteiger partial charge in [-0.05, 0) is 18.4 Å². The van der Waals surface area contributed by atoms with Crippen molar-refractivity contribution in [3.8, 4) is 0 Å². The van der Waals surface area contributed by atoms with Gasteiger partial charge in [-0.2, -0.15) is 0 Å². The van der Waals surface area contributed by atoms with Crippen LogP contribution in [0, 0.1) is 0 Å². The molecule has 0 aromatic rings. The Labute approximate surface area is 62.4 Å². The van der Waals surface area contributed by atoms with Crippen LogP contribution in [0.2, 0.25) is 0 Å². The van der Waals surface area contributed by atoms with E-state index >= 15 is 0 Å². The minimum absolute atomic E-state index is 0.318. The number of ether oxygens (including phenoxy) is 1. The van der Waals surface area contributed by atoms with E-state index in [1.54, 1.807) is 7.11 Å². The van der Waals surface area contributed by atoms with Crippen molar-refractivity contribution >= 4 is 0 Å². The zero-order chi connectivity index (χ0) is 7.40. The van der Waals surface area contributed by atoms with Crippen molar-refractivity contribution in [1.82, 2.24) is 0 Å². The average Bonchev–Trinajstić information content (AvgIpc) is 2.43. The topological polar surface area (TPSA) is 9.23 Å². The van der Waals surface area contributed by atoms with Gasteiger partial charge in [0.1, 0.15) is 0 Å². The molecule has 0 saturated carbocycles. The summed E-state index contributed by atoms with van der Waals surface area (Å²) in [6.45, 7) is 2.14. The van der Waals surface area contributed by atoms with Crippen molar-refractivity contribution in [3.63, 3.8) is 0 Å². The third-order valence-electron chi connectivity index (χ3n) is 1.83. The summed E-state index contributed by atoms with van der Waals surface area (Å²) in [6, 6.07) is 0. The minimum Gasteiger partial charge on any atom is -0.377 e. The first-order valence-corrected chi connectivity index (χ1v) is 3.78. The largest absolute Gasteiger partial charge is 0.377 e. The summed E-state index contributed by atoms with van der Waals surface area (Å²) < 4.78 is 5.26. The van der Waals surface area contributed by atoms with Gasteiger partial charge in [-0.1, -0.05) is 25.2 Å². The van der Waals surface area contributed by atoms with E-state index in [4.69, 9.17) is 4.74 Å². The first-order chi connectivity index (χ1) is 4.88. The lowest BCUT2D eigenvalue weighted by molar-refractivity contribution is 0.131. The molecule has 1 rings (SSSR count). The fraction of sp³-hybridized carbons (Fsp3) is 0.556. The Bertz CT molecular complexity index is 152. The Balaban J connectivity index is 2.52. The molecule has 0 amide bonds. The SMILES string of the molecule is CCC(OC)C1=CCC=C1. The highest BCUT2D eigenvalue weighted by Gasteiger charge is 2.09. The van der Waals surface area contributed by atoms with Gasteiger partial charge in [-0.3, -0.25) is 0 Å². The zero-order valence-electron chi connectivity index (χ0n) is 6.63. The molecule has 1 atom stereocenters. The molecule has 0 spiro atoms. The molecule has 1 unspecified atom stereocenters. The van der Waals surface area contributed by atoms with Crippen LogP contribution in [-0.4, -0.2) is 13.2 Å². The molecule has 1 aliphatic carbocycles. The molecular weight excluding hydrogens is 124 g/mol. The van der Waals surface area contributed by atoms with E-state index in [1.165, 1.54) is 5.57 Å². The van der Waals surface area contributed by atoms with Crippen LogP contribution in [0.1, 0.15) is 19.8 Å². The van der Waals surface area contributed by atoms with E-state index < -0.39 is 0 Å². The first kappa shape index (κ1) is 7.55. The number of methoxy groups -OCH3 is 1. The molecule has 0 saturated heterocycles. The molecule has 0 heterocycles. The molecule has 1 nitrogen and oxygen atoms in total. The quantitative estimate of drug-likeness (QED) is 0.581. The molecule has 1 heteroatoms. The maximum atomic E-state index is 5.26. The fourth-order valence-electron chi connectivity index (χ4n) is 1.25. The lowest BCUT2D eigenvalue weighted by Gasteiger charge is -2.11. The van der Waals surface area contributed by atoms with Gasteiger partial charge in [0.25, 0.3) is 0 Å². The van der Waals surface area contributed by atoms with Crippen LogP contribution in [0.15, 0.2) is 23.8 Å². The van der Waals surface area contributed by atoms with Crippen molar-refractivity contribution in [1.29, 1.82) is 0 Å². The molecule has 56 valence electrons. The van der Waals surface area contributed by atoms with Gasteiger partial charge in [0.15, 0.2) is 0 Å². The van der Waals surface area contributed by atoms with Crippen LogP contribution in [-0.2, 0) is 4.74 Å². The van der Waals surface area contributed by atoms with Crippen molar-refractivity contribution in [2.24, 2.45) is 0 Å². The normalized spacial score (nSPS) is 19.2. The van der Waals surface area contributed by atoms with Crippen molar-refractivity contribution in [3.05, 3.63) is 23.8 Å². The third kappa shape index (κ3) is 1.48.